The molecule has 3 N–H and O–H groups in total. The van der Waals surface area contributed by atoms with Gasteiger partial charge < -0.3 is 25.0 Å². The summed E-state index contributed by atoms with van der Waals surface area (Å²) >= 11 is 0. The van der Waals surface area contributed by atoms with E-state index in [0.717, 1.165) is 25.0 Å². The zero-order valence-corrected chi connectivity index (χ0v) is 14.3. The number of halogens is 1. The van der Waals surface area contributed by atoms with Crippen LogP contribution >= 0.6 is 0 Å². The van der Waals surface area contributed by atoms with Crippen molar-refractivity contribution in [3.05, 3.63) is 33.9 Å². The van der Waals surface area contributed by atoms with Crippen LogP contribution in [0.3, 0.4) is 0 Å². The Kier molecular flexibility index (Phi) is 3.91. The molecule has 0 unspecified atom stereocenters. The number of aromatic nitrogens is 1. The Balaban J connectivity index is 1.91. The summed E-state index contributed by atoms with van der Waals surface area (Å²) in [5, 5.41) is 20.0. The van der Waals surface area contributed by atoms with Gasteiger partial charge in [0.25, 0.3) is 5.56 Å². The first kappa shape index (κ1) is 17.1. The Morgan fingerprint density at radius 2 is 2.11 bits per heavy atom. The molecule has 27 heavy (non-hydrogen) atoms. The van der Waals surface area contributed by atoms with Crippen molar-refractivity contribution in [2.75, 3.05) is 18.0 Å². The fraction of sp³-hybridized carbons (Fsp3) is 0.389. The largest absolute Gasteiger partial charge is 0.507 e. The van der Waals surface area contributed by atoms with Crippen LogP contribution in [0.15, 0.2) is 16.9 Å². The molecule has 1 saturated heterocycles. The lowest BCUT2D eigenvalue weighted by Crippen LogP contribution is -2.28. The summed E-state index contributed by atoms with van der Waals surface area (Å²) in [6, 6.07) is 4.13. The highest BCUT2D eigenvalue weighted by atomic mass is 19.1. The van der Waals surface area contributed by atoms with Gasteiger partial charge in [0.05, 0.1) is 17.7 Å². The first-order valence-corrected chi connectivity index (χ1v) is 8.62. The maximum atomic E-state index is 14.9. The quantitative estimate of drug-likeness (QED) is 0.846. The normalized spacial score (nSPS) is 19.3. The number of ether oxygens (including phenoxy) is 1. The Morgan fingerprint density at radius 3 is 2.74 bits per heavy atom. The van der Waals surface area contributed by atoms with Gasteiger partial charge in [-0.2, -0.15) is 5.26 Å². The number of hydrogen-bond acceptors (Lipinski definition) is 6. The minimum Gasteiger partial charge on any atom is -0.507 e. The second-order valence-corrected chi connectivity index (χ2v) is 6.85. The maximum absolute atomic E-state index is 14.9. The first-order chi connectivity index (χ1) is 12.9. The molecule has 2 aromatic rings. The van der Waals surface area contributed by atoms with Gasteiger partial charge in [-0.25, -0.2) is 9.18 Å². The predicted molar refractivity (Wildman–Crippen MR) is 94.1 cm³/mol. The van der Waals surface area contributed by atoms with Crippen LogP contribution in [0.1, 0.15) is 30.9 Å². The van der Waals surface area contributed by atoms with E-state index in [1.807, 2.05) is 6.07 Å². The van der Waals surface area contributed by atoms with E-state index in [-0.39, 0.29) is 40.5 Å². The van der Waals surface area contributed by atoms with Crippen molar-refractivity contribution in [2.24, 2.45) is 5.73 Å². The van der Waals surface area contributed by atoms with Gasteiger partial charge in [-0.15, -0.1) is 0 Å². The first-order valence-electron chi connectivity index (χ1n) is 8.62. The van der Waals surface area contributed by atoms with E-state index in [4.69, 9.17) is 10.5 Å². The van der Waals surface area contributed by atoms with E-state index >= 15 is 0 Å². The molecule has 2 fully saturated rings. The van der Waals surface area contributed by atoms with E-state index in [1.165, 1.54) is 4.57 Å². The average Bonchev–Trinajstić information content (AvgIpc) is 3.33. The number of anilines is 1. The smallest absolute Gasteiger partial charge is 0.404 e. The molecule has 2 heterocycles. The van der Waals surface area contributed by atoms with E-state index in [0.29, 0.717) is 13.0 Å². The third-order valence-corrected chi connectivity index (χ3v) is 5.01. The van der Waals surface area contributed by atoms with Crippen LogP contribution in [0.4, 0.5) is 14.9 Å². The molecule has 1 aromatic heterocycles. The van der Waals surface area contributed by atoms with E-state index in [2.05, 4.69) is 0 Å². The molecule has 140 valence electrons. The van der Waals surface area contributed by atoms with Gasteiger partial charge in [0.15, 0.2) is 0 Å². The van der Waals surface area contributed by atoms with Crippen molar-refractivity contribution in [3.63, 3.8) is 0 Å². The second kappa shape index (κ2) is 6.16. The molecule has 2 aliphatic rings. The van der Waals surface area contributed by atoms with Crippen molar-refractivity contribution in [1.29, 1.82) is 5.26 Å². The summed E-state index contributed by atoms with van der Waals surface area (Å²) in [4.78, 5) is 25.0. The number of rotatable bonds is 3. The van der Waals surface area contributed by atoms with Crippen LogP contribution in [-0.4, -0.2) is 35.0 Å². The third kappa shape index (κ3) is 2.83. The number of nitrogens with zero attached hydrogens (tertiary/aromatic N) is 3. The zero-order chi connectivity index (χ0) is 19.3. The molecule has 8 nitrogen and oxygen atoms in total. The summed E-state index contributed by atoms with van der Waals surface area (Å²) in [6.45, 7) is 0.550. The number of aromatic hydroxyl groups is 1. The SMILES string of the molecule is N#Cc1c(N2CC[C@H](OC(N)=O)C2)c(F)cc2c(O)cc(=O)n(C3CC3)c12. The van der Waals surface area contributed by atoms with Crippen molar-refractivity contribution < 1.29 is 19.0 Å². The lowest BCUT2D eigenvalue weighted by molar-refractivity contribution is 0.117. The second-order valence-electron chi connectivity index (χ2n) is 6.85. The van der Waals surface area contributed by atoms with Gasteiger partial charge in [-0.05, 0) is 18.9 Å². The molecule has 1 saturated carbocycles. The molecular weight excluding hydrogens is 355 g/mol. The van der Waals surface area contributed by atoms with Crippen molar-refractivity contribution in [1.82, 2.24) is 4.57 Å². The standard InChI is InChI=1S/C18H17FN4O4/c19-13-5-11-14(24)6-15(25)23(9-1-2-9)16(11)12(7-20)17(13)22-4-3-10(8-22)27-18(21)26/h5-6,9-10,24H,1-4,8H2,(H2,21,26)/t10-/m0/s1. The van der Waals surface area contributed by atoms with Gasteiger partial charge in [0.2, 0.25) is 0 Å². The third-order valence-electron chi connectivity index (χ3n) is 5.01. The number of carbonyl (C=O) groups excluding carboxylic acids is 1. The predicted octanol–water partition coefficient (Wildman–Crippen LogP) is 1.73. The number of benzene rings is 1. The molecule has 0 bridgehead atoms. The molecule has 1 aliphatic carbocycles. The van der Waals surface area contributed by atoms with Crippen molar-refractivity contribution in [3.8, 4) is 11.8 Å². The topological polar surface area (TPSA) is 122 Å². The number of amides is 1. The lowest BCUT2D eigenvalue weighted by atomic mass is 10.0. The van der Waals surface area contributed by atoms with Crippen LogP contribution in [0, 0.1) is 17.1 Å². The number of carbonyl (C=O) groups is 1. The minimum absolute atomic E-state index is 0.00961. The zero-order valence-electron chi connectivity index (χ0n) is 14.3. The summed E-state index contributed by atoms with van der Waals surface area (Å²) in [7, 11) is 0. The van der Waals surface area contributed by atoms with Crippen molar-refractivity contribution >= 4 is 22.7 Å². The van der Waals surface area contributed by atoms with Gasteiger partial charge >= 0.3 is 6.09 Å². The molecule has 1 aliphatic heterocycles. The van der Waals surface area contributed by atoms with Gasteiger partial charge in [-0.3, -0.25) is 4.79 Å². The fourth-order valence-corrected chi connectivity index (χ4v) is 3.75. The average molecular weight is 372 g/mol. The minimum atomic E-state index is -0.908. The molecule has 9 heteroatoms. The summed E-state index contributed by atoms with van der Waals surface area (Å²) < 4.78 is 21.3. The monoisotopic (exact) mass is 372 g/mol. The van der Waals surface area contributed by atoms with Crippen LogP contribution < -0.4 is 16.2 Å². The van der Waals surface area contributed by atoms with Crippen LogP contribution in [0.2, 0.25) is 0 Å². The summed E-state index contributed by atoms with van der Waals surface area (Å²) in [5.41, 5.74) is 4.88. The summed E-state index contributed by atoms with van der Waals surface area (Å²) in [5.74, 6) is -1.04. The Hall–Kier alpha value is -3.28. The molecule has 0 radical (unpaired) electrons. The molecule has 1 amide bonds. The molecular formula is C18H17FN4O4. The molecule has 1 aromatic carbocycles. The van der Waals surface area contributed by atoms with E-state index < -0.39 is 23.6 Å². The number of nitriles is 1. The highest BCUT2D eigenvalue weighted by Crippen LogP contribution is 2.41. The number of pyridine rings is 1. The Bertz CT molecular complexity index is 1050. The fourth-order valence-electron chi connectivity index (χ4n) is 3.75. The highest BCUT2D eigenvalue weighted by Gasteiger charge is 2.33. The highest BCUT2D eigenvalue weighted by molar-refractivity contribution is 5.94. The van der Waals surface area contributed by atoms with Crippen molar-refractivity contribution in [2.45, 2.75) is 31.4 Å². The van der Waals surface area contributed by atoms with Crippen LogP contribution in [0.5, 0.6) is 5.75 Å². The molecule has 1 atom stereocenters. The number of fused-ring (bicyclic) bond motifs is 1. The van der Waals surface area contributed by atoms with E-state index in [9.17, 15) is 24.3 Å². The molecule has 4 rings (SSSR count). The number of primary amides is 1. The Morgan fingerprint density at radius 1 is 1.37 bits per heavy atom. The Labute approximate surface area is 153 Å². The van der Waals surface area contributed by atoms with Crippen LogP contribution in [0.25, 0.3) is 10.9 Å². The lowest BCUT2D eigenvalue weighted by Gasteiger charge is -2.23. The molecule has 0 spiro atoms. The van der Waals surface area contributed by atoms with Gasteiger partial charge in [0.1, 0.15) is 29.3 Å². The number of nitrogens with two attached hydrogens (primary N) is 1. The maximum Gasteiger partial charge on any atom is 0.404 e. The number of hydrogen-bond donors (Lipinski definition) is 2. The van der Waals surface area contributed by atoms with Crippen LogP contribution in [-0.2, 0) is 4.74 Å². The van der Waals surface area contributed by atoms with Gasteiger partial charge in [-0.1, -0.05) is 0 Å². The van der Waals surface area contributed by atoms with E-state index in [1.54, 1.807) is 4.90 Å². The van der Waals surface area contributed by atoms with Gasteiger partial charge in [0, 0.05) is 30.5 Å². The summed E-state index contributed by atoms with van der Waals surface area (Å²) in [6.07, 6.45) is 0.610.